The smallest absolute Gasteiger partial charge is 0.250 e. The lowest BCUT2D eigenvalue weighted by atomic mass is 10.1. The van der Waals surface area contributed by atoms with Crippen LogP contribution in [0.3, 0.4) is 0 Å². The van der Waals surface area contributed by atoms with E-state index in [-0.39, 0.29) is 5.56 Å². The van der Waals surface area contributed by atoms with Crippen molar-refractivity contribution >= 4 is 0 Å². The molecular formula is C10H16N4O. The van der Waals surface area contributed by atoms with Crippen LogP contribution in [0.2, 0.25) is 0 Å². The average molecular weight is 208 g/mol. The SMILES string of the molecule is O=c1cc(CNC2CCCNC2)nc[nH]1. The Morgan fingerprint density at radius 2 is 2.53 bits per heavy atom. The molecule has 1 aliphatic heterocycles. The molecule has 2 rings (SSSR count). The number of hydrogen-bond donors (Lipinski definition) is 3. The lowest BCUT2D eigenvalue weighted by Gasteiger charge is -2.23. The van der Waals surface area contributed by atoms with Crippen molar-refractivity contribution in [3.05, 3.63) is 28.4 Å². The highest BCUT2D eigenvalue weighted by Crippen LogP contribution is 2.01. The number of rotatable bonds is 3. The highest BCUT2D eigenvalue weighted by molar-refractivity contribution is 4.98. The fourth-order valence-corrected chi connectivity index (χ4v) is 1.78. The molecule has 5 nitrogen and oxygen atoms in total. The highest BCUT2D eigenvalue weighted by atomic mass is 16.1. The first kappa shape index (κ1) is 10.3. The van der Waals surface area contributed by atoms with E-state index >= 15 is 0 Å². The molecule has 0 aliphatic carbocycles. The number of hydrogen-bond acceptors (Lipinski definition) is 4. The number of H-pyrrole nitrogens is 1. The second-order valence-electron chi connectivity index (χ2n) is 3.83. The summed E-state index contributed by atoms with van der Waals surface area (Å²) in [7, 11) is 0. The third-order valence-corrected chi connectivity index (χ3v) is 2.60. The summed E-state index contributed by atoms with van der Waals surface area (Å²) in [6.07, 6.45) is 3.84. The Kier molecular flexibility index (Phi) is 3.47. The van der Waals surface area contributed by atoms with Crippen molar-refractivity contribution in [3.63, 3.8) is 0 Å². The zero-order valence-electron chi connectivity index (χ0n) is 8.62. The molecule has 5 heteroatoms. The lowest BCUT2D eigenvalue weighted by Crippen LogP contribution is -2.42. The van der Waals surface area contributed by atoms with Gasteiger partial charge < -0.3 is 15.6 Å². The molecule has 1 unspecified atom stereocenters. The lowest BCUT2D eigenvalue weighted by molar-refractivity contribution is 0.387. The molecule has 1 atom stereocenters. The molecule has 1 fully saturated rings. The fourth-order valence-electron chi connectivity index (χ4n) is 1.78. The van der Waals surface area contributed by atoms with Crippen LogP contribution in [0.25, 0.3) is 0 Å². The minimum Gasteiger partial charge on any atom is -0.315 e. The fraction of sp³-hybridized carbons (Fsp3) is 0.600. The molecule has 3 N–H and O–H groups in total. The maximum absolute atomic E-state index is 11.0. The first-order valence-corrected chi connectivity index (χ1v) is 5.32. The summed E-state index contributed by atoms with van der Waals surface area (Å²) in [5.41, 5.74) is 0.702. The van der Waals surface area contributed by atoms with Crippen molar-refractivity contribution in [3.8, 4) is 0 Å². The van der Waals surface area contributed by atoms with Gasteiger partial charge in [0.2, 0.25) is 0 Å². The van der Waals surface area contributed by atoms with Gasteiger partial charge >= 0.3 is 0 Å². The molecule has 0 spiro atoms. The molecule has 2 heterocycles. The summed E-state index contributed by atoms with van der Waals surface area (Å²) in [6.45, 7) is 2.78. The monoisotopic (exact) mass is 208 g/mol. The van der Waals surface area contributed by atoms with Gasteiger partial charge in [-0.3, -0.25) is 4.79 Å². The maximum Gasteiger partial charge on any atom is 0.250 e. The normalized spacial score (nSPS) is 21.5. The molecule has 1 aromatic rings. The summed E-state index contributed by atoms with van der Waals surface area (Å²) in [5, 5.41) is 6.72. The van der Waals surface area contributed by atoms with E-state index in [1.807, 2.05) is 0 Å². The van der Waals surface area contributed by atoms with Gasteiger partial charge in [0.25, 0.3) is 5.56 Å². The Labute approximate surface area is 88.3 Å². The van der Waals surface area contributed by atoms with Gasteiger partial charge in [-0.2, -0.15) is 0 Å². The Balaban J connectivity index is 1.84. The van der Waals surface area contributed by atoms with Crippen LogP contribution in [0, 0.1) is 0 Å². The quantitative estimate of drug-likeness (QED) is 0.633. The predicted molar refractivity (Wildman–Crippen MR) is 57.6 cm³/mol. The molecule has 1 aliphatic rings. The van der Waals surface area contributed by atoms with Crippen molar-refractivity contribution in [1.82, 2.24) is 20.6 Å². The molecule has 15 heavy (non-hydrogen) atoms. The van der Waals surface area contributed by atoms with Crippen LogP contribution < -0.4 is 16.2 Å². The van der Waals surface area contributed by atoms with Crippen LogP contribution >= 0.6 is 0 Å². The predicted octanol–water partition coefficient (Wildman–Crippen LogP) is -0.389. The van der Waals surface area contributed by atoms with E-state index in [1.54, 1.807) is 0 Å². The molecule has 0 aromatic carbocycles. The number of aromatic amines is 1. The topological polar surface area (TPSA) is 69.8 Å². The van der Waals surface area contributed by atoms with Crippen LogP contribution in [0.5, 0.6) is 0 Å². The van der Waals surface area contributed by atoms with Crippen LogP contribution in [0.15, 0.2) is 17.2 Å². The Bertz CT molecular complexity index is 356. The molecule has 0 amide bonds. The van der Waals surface area contributed by atoms with E-state index in [4.69, 9.17) is 0 Å². The van der Waals surface area contributed by atoms with Gasteiger partial charge in [-0.05, 0) is 19.4 Å². The zero-order chi connectivity index (χ0) is 10.5. The van der Waals surface area contributed by atoms with Crippen LogP contribution in [0.4, 0.5) is 0 Å². The summed E-state index contributed by atoms with van der Waals surface area (Å²) in [5.74, 6) is 0. The summed E-state index contributed by atoms with van der Waals surface area (Å²) in [4.78, 5) is 17.6. The van der Waals surface area contributed by atoms with Crippen molar-refractivity contribution in [1.29, 1.82) is 0 Å². The number of nitrogens with zero attached hydrogens (tertiary/aromatic N) is 1. The summed E-state index contributed by atoms with van der Waals surface area (Å²) < 4.78 is 0. The largest absolute Gasteiger partial charge is 0.315 e. The van der Waals surface area contributed by atoms with E-state index in [2.05, 4.69) is 20.6 Å². The van der Waals surface area contributed by atoms with Crippen molar-refractivity contribution in [2.24, 2.45) is 0 Å². The van der Waals surface area contributed by atoms with E-state index in [0.717, 1.165) is 18.8 Å². The highest BCUT2D eigenvalue weighted by Gasteiger charge is 2.11. The van der Waals surface area contributed by atoms with Gasteiger partial charge in [0, 0.05) is 25.2 Å². The van der Waals surface area contributed by atoms with Crippen molar-refractivity contribution < 1.29 is 0 Å². The van der Waals surface area contributed by atoms with Crippen molar-refractivity contribution in [2.45, 2.75) is 25.4 Å². The maximum atomic E-state index is 11.0. The first-order chi connectivity index (χ1) is 7.34. The third kappa shape index (κ3) is 3.14. The van der Waals surface area contributed by atoms with E-state index in [0.29, 0.717) is 12.6 Å². The molecule has 82 valence electrons. The summed E-state index contributed by atoms with van der Waals surface area (Å²) in [6, 6.07) is 2.03. The number of aromatic nitrogens is 2. The Morgan fingerprint density at radius 3 is 3.27 bits per heavy atom. The molecule has 1 saturated heterocycles. The molecule has 0 radical (unpaired) electrons. The molecule has 0 bridgehead atoms. The van der Waals surface area contributed by atoms with E-state index < -0.39 is 0 Å². The second-order valence-corrected chi connectivity index (χ2v) is 3.83. The van der Waals surface area contributed by atoms with Gasteiger partial charge in [0.05, 0.1) is 12.0 Å². The van der Waals surface area contributed by atoms with Gasteiger partial charge in [0.1, 0.15) is 0 Å². The molecule has 0 saturated carbocycles. The minimum absolute atomic E-state index is 0.0939. The van der Waals surface area contributed by atoms with Crippen molar-refractivity contribution in [2.75, 3.05) is 13.1 Å². The average Bonchev–Trinajstić information content (AvgIpc) is 2.28. The zero-order valence-corrected chi connectivity index (χ0v) is 8.62. The van der Waals surface area contributed by atoms with Gasteiger partial charge in [-0.15, -0.1) is 0 Å². The van der Waals surface area contributed by atoms with Crippen LogP contribution in [0.1, 0.15) is 18.5 Å². The number of nitrogens with one attached hydrogen (secondary N) is 3. The standard InChI is InChI=1S/C10H16N4O/c15-10-4-9(13-7-14-10)6-12-8-2-1-3-11-5-8/h4,7-8,11-12H,1-3,5-6H2,(H,13,14,15). The van der Waals surface area contributed by atoms with Crippen LogP contribution in [-0.2, 0) is 6.54 Å². The Morgan fingerprint density at radius 1 is 1.60 bits per heavy atom. The van der Waals surface area contributed by atoms with Gasteiger partial charge in [-0.25, -0.2) is 4.98 Å². The molecule has 1 aromatic heterocycles. The minimum atomic E-state index is -0.0939. The van der Waals surface area contributed by atoms with Gasteiger partial charge in [0.15, 0.2) is 0 Å². The number of piperidine rings is 1. The van der Waals surface area contributed by atoms with E-state index in [9.17, 15) is 4.79 Å². The first-order valence-electron chi connectivity index (χ1n) is 5.32. The van der Waals surface area contributed by atoms with Gasteiger partial charge in [-0.1, -0.05) is 0 Å². The summed E-state index contributed by atoms with van der Waals surface area (Å²) >= 11 is 0. The van der Waals surface area contributed by atoms with Crippen LogP contribution in [-0.4, -0.2) is 29.1 Å². The third-order valence-electron chi connectivity index (χ3n) is 2.60. The second kappa shape index (κ2) is 5.04. The Hall–Kier alpha value is -1.20. The van der Waals surface area contributed by atoms with E-state index in [1.165, 1.54) is 25.2 Å². The molecular weight excluding hydrogens is 192 g/mol.